The molecule has 108 valence electrons. The molecule has 0 aromatic heterocycles. The number of esters is 1. The van der Waals surface area contributed by atoms with Gasteiger partial charge in [0.1, 0.15) is 17.1 Å². The maximum Gasteiger partial charge on any atom is 0.339 e. The fraction of sp³-hybridized carbons (Fsp3) is 0.125. The summed E-state index contributed by atoms with van der Waals surface area (Å²) in [6.07, 6.45) is 0.0535. The fourth-order valence-electron chi connectivity index (χ4n) is 1.80. The molecule has 2 aromatic carbocycles. The Kier molecular flexibility index (Phi) is 4.56. The molecule has 0 saturated heterocycles. The lowest BCUT2D eigenvalue weighted by molar-refractivity contribution is -0.133. The summed E-state index contributed by atoms with van der Waals surface area (Å²) < 4.78 is 10.1. The number of benzene rings is 2. The summed E-state index contributed by atoms with van der Waals surface area (Å²) in [5, 5.41) is 9.02. The van der Waals surface area contributed by atoms with E-state index in [9.17, 15) is 9.59 Å². The molecule has 0 spiro atoms. The number of hydrogen-bond donors (Lipinski definition) is 1. The van der Waals surface area contributed by atoms with Crippen LogP contribution in [0.1, 0.15) is 15.9 Å². The second-order valence-electron chi connectivity index (χ2n) is 4.30. The van der Waals surface area contributed by atoms with Gasteiger partial charge in [-0.15, -0.1) is 0 Å². The first-order valence-electron chi connectivity index (χ1n) is 6.26. The lowest BCUT2D eigenvalue weighted by atomic mass is 10.1. The van der Waals surface area contributed by atoms with E-state index in [2.05, 4.69) is 0 Å². The molecule has 0 saturated carbocycles. The zero-order valence-corrected chi connectivity index (χ0v) is 11.4. The van der Waals surface area contributed by atoms with Gasteiger partial charge in [0.2, 0.25) is 0 Å². The first-order chi connectivity index (χ1) is 10.1. The van der Waals surface area contributed by atoms with E-state index in [0.717, 1.165) is 5.56 Å². The van der Waals surface area contributed by atoms with Crippen molar-refractivity contribution in [3.8, 4) is 11.5 Å². The molecule has 5 heteroatoms. The van der Waals surface area contributed by atoms with E-state index in [4.69, 9.17) is 14.6 Å². The number of carboxylic acids is 1. The maximum absolute atomic E-state index is 11.9. The summed E-state index contributed by atoms with van der Waals surface area (Å²) >= 11 is 0. The predicted molar refractivity (Wildman–Crippen MR) is 75.7 cm³/mol. The van der Waals surface area contributed by atoms with Gasteiger partial charge in [0.25, 0.3) is 0 Å². The predicted octanol–water partition coefficient (Wildman–Crippen LogP) is 2.54. The first-order valence-corrected chi connectivity index (χ1v) is 6.26. The van der Waals surface area contributed by atoms with Gasteiger partial charge in [0, 0.05) is 0 Å². The van der Waals surface area contributed by atoms with Crippen LogP contribution in [0, 0.1) is 0 Å². The number of rotatable bonds is 5. The number of methoxy groups -OCH3 is 1. The third kappa shape index (κ3) is 3.82. The minimum absolute atomic E-state index is 0.0411. The van der Waals surface area contributed by atoms with Crippen LogP contribution in [-0.2, 0) is 11.2 Å². The number of ether oxygens (including phenoxy) is 2. The van der Waals surface area contributed by atoms with E-state index in [1.165, 1.54) is 12.1 Å². The van der Waals surface area contributed by atoms with Gasteiger partial charge in [0.05, 0.1) is 13.5 Å². The van der Waals surface area contributed by atoms with Gasteiger partial charge in [-0.2, -0.15) is 0 Å². The van der Waals surface area contributed by atoms with Gasteiger partial charge in [-0.05, 0) is 29.8 Å². The largest absolute Gasteiger partial charge is 0.497 e. The van der Waals surface area contributed by atoms with E-state index in [1.54, 1.807) is 43.5 Å². The van der Waals surface area contributed by atoms with Crippen LogP contribution in [-0.4, -0.2) is 24.2 Å². The Bertz CT molecular complexity index is 646. The Hall–Kier alpha value is -2.82. The second-order valence-corrected chi connectivity index (χ2v) is 4.30. The molecule has 0 unspecified atom stereocenters. The highest BCUT2D eigenvalue weighted by Gasteiger charge is 2.14. The van der Waals surface area contributed by atoms with E-state index in [1.807, 2.05) is 0 Å². The van der Waals surface area contributed by atoms with Gasteiger partial charge in [-0.3, -0.25) is 4.79 Å². The highest BCUT2D eigenvalue weighted by Crippen LogP contribution is 2.19. The van der Waals surface area contributed by atoms with Crippen molar-refractivity contribution >= 4 is 11.9 Å². The van der Waals surface area contributed by atoms with Gasteiger partial charge in [-0.1, -0.05) is 24.3 Å². The van der Waals surface area contributed by atoms with E-state index in [-0.39, 0.29) is 17.7 Å². The number of carboxylic acid groups (broad SMARTS) is 1. The monoisotopic (exact) mass is 286 g/mol. The average molecular weight is 286 g/mol. The Morgan fingerprint density at radius 3 is 2.33 bits per heavy atom. The second kappa shape index (κ2) is 6.56. The van der Waals surface area contributed by atoms with Crippen molar-refractivity contribution in [3.63, 3.8) is 0 Å². The van der Waals surface area contributed by atoms with Gasteiger partial charge in [-0.25, -0.2) is 4.79 Å². The molecular weight excluding hydrogens is 272 g/mol. The van der Waals surface area contributed by atoms with E-state index in [0.29, 0.717) is 5.75 Å². The Morgan fingerprint density at radius 1 is 1.05 bits per heavy atom. The molecule has 5 nitrogen and oxygen atoms in total. The lowest BCUT2D eigenvalue weighted by Crippen LogP contribution is -2.13. The minimum atomic E-state index is -1.14. The van der Waals surface area contributed by atoms with Gasteiger partial charge >= 0.3 is 11.9 Å². The van der Waals surface area contributed by atoms with E-state index >= 15 is 0 Å². The van der Waals surface area contributed by atoms with Crippen LogP contribution in [0.15, 0.2) is 48.5 Å². The molecule has 0 radical (unpaired) electrons. The van der Waals surface area contributed by atoms with Crippen molar-refractivity contribution < 1.29 is 24.2 Å². The number of carbonyl (C=O) groups is 2. The smallest absolute Gasteiger partial charge is 0.339 e. The van der Waals surface area contributed by atoms with Crippen molar-refractivity contribution in [1.82, 2.24) is 0 Å². The number of hydrogen-bond acceptors (Lipinski definition) is 4. The molecule has 0 aliphatic rings. The van der Waals surface area contributed by atoms with Crippen molar-refractivity contribution in [2.75, 3.05) is 7.11 Å². The highest BCUT2D eigenvalue weighted by atomic mass is 16.5. The molecular formula is C16H14O5. The van der Waals surface area contributed by atoms with Crippen molar-refractivity contribution in [3.05, 3.63) is 59.7 Å². The van der Waals surface area contributed by atoms with Crippen LogP contribution >= 0.6 is 0 Å². The Morgan fingerprint density at radius 2 is 1.71 bits per heavy atom. The summed E-state index contributed by atoms with van der Waals surface area (Å²) in [6.45, 7) is 0. The summed E-state index contributed by atoms with van der Waals surface area (Å²) in [7, 11) is 1.56. The zero-order chi connectivity index (χ0) is 15.2. The SMILES string of the molecule is COc1ccc(CC(=O)Oc2ccccc2C(=O)O)cc1. The summed E-state index contributed by atoms with van der Waals surface area (Å²) in [6, 6.07) is 13.0. The van der Waals surface area contributed by atoms with Crippen LogP contribution in [0.25, 0.3) is 0 Å². The van der Waals surface area contributed by atoms with Gasteiger partial charge < -0.3 is 14.6 Å². The Balaban J connectivity index is 2.06. The molecule has 0 aliphatic heterocycles. The topological polar surface area (TPSA) is 72.8 Å². The minimum Gasteiger partial charge on any atom is -0.497 e. The summed E-state index contributed by atoms with van der Waals surface area (Å²) in [5.74, 6) is -0.913. The average Bonchev–Trinajstić information content (AvgIpc) is 2.48. The van der Waals surface area contributed by atoms with Crippen LogP contribution in [0.2, 0.25) is 0 Å². The third-order valence-electron chi connectivity index (χ3n) is 2.85. The molecule has 2 aromatic rings. The molecule has 0 aliphatic carbocycles. The maximum atomic E-state index is 11.9. The first kappa shape index (κ1) is 14.6. The zero-order valence-electron chi connectivity index (χ0n) is 11.4. The molecule has 0 amide bonds. The quantitative estimate of drug-likeness (QED) is 0.675. The standard InChI is InChI=1S/C16H14O5/c1-20-12-8-6-11(7-9-12)10-15(17)21-14-5-3-2-4-13(14)16(18)19/h2-9H,10H2,1H3,(H,18,19). The third-order valence-corrected chi connectivity index (χ3v) is 2.85. The molecule has 0 fully saturated rings. The molecule has 2 rings (SSSR count). The van der Waals surface area contributed by atoms with Crippen molar-refractivity contribution in [2.45, 2.75) is 6.42 Å². The van der Waals surface area contributed by atoms with Crippen molar-refractivity contribution in [1.29, 1.82) is 0 Å². The van der Waals surface area contributed by atoms with Crippen LogP contribution in [0.4, 0.5) is 0 Å². The normalized spacial score (nSPS) is 9.95. The summed E-state index contributed by atoms with van der Waals surface area (Å²) in [4.78, 5) is 22.9. The fourth-order valence-corrected chi connectivity index (χ4v) is 1.80. The Labute approximate surface area is 121 Å². The van der Waals surface area contributed by atoms with Crippen molar-refractivity contribution in [2.24, 2.45) is 0 Å². The molecule has 0 heterocycles. The van der Waals surface area contributed by atoms with Gasteiger partial charge in [0.15, 0.2) is 0 Å². The number of carbonyl (C=O) groups excluding carboxylic acids is 1. The van der Waals surface area contributed by atoms with Crippen LogP contribution in [0.5, 0.6) is 11.5 Å². The van der Waals surface area contributed by atoms with Crippen LogP contribution in [0.3, 0.4) is 0 Å². The molecule has 0 atom stereocenters. The van der Waals surface area contributed by atoms with Crippen LogP contribution < -0.4 is 9.47 Å². The number of aromatic carboxylic acids is 1. The summed E-state index contributed by atoms with van der Waals surface area (Å²) in [5.41, 5.74) is 0.717. The van der Waals surface area contributed by atoms with E-state index < -0.39 is 11.9 Å². The molecule has 21 heavy (non-hydrogen) atoms. The molecule has 1 N–H and O–H groups in total. The number of para-hydroxylation sites is 1. The molecule has 0 bridgehead atoms. The highest BCUT2D eigenvalue weighted by molar-refractivity contribution is 5.92. The lowest BCUT2D eigenvalue weighted by Gasteiger charge is -2.07.